The standard InChI is InChI=1S/C15H22N2O/c16-14(10-13-3-1-2-7-17-13)11-4-5-15-12(9-11)6-8-18-15/h4-5,9,13-14,17H,1-3,6-8,10,16H2. The predicted octanol–water partition coefficient (Wildman–Crippen LogP) is 2.15. The van der Waals surface area contributed by atoms with Gasteiger partial charge in [-0.05, 0) is 43.0 Å². The van der Waals surface area contributed by atoms with E-state index < -0.39 is 0 Å². The molecule has 0 aromatic heterocycles. The third-order valence-corrected chi connectivity index (χ3v) is 4.09. The average molecular weight is 246 g/mol. The molecule has 0 bridgehead atoms. The molecule has 18 heavy (non-hydrogen) atoms. The van der Waals surface area contributed by atoms with E-state index in [-0.39, 0.29) is 6.04 Å². The van der Waals surface area contributed by atoms with Gasteiger partial charge in [-0.2, -0.15) is 0 Å². The van der Waals surface area contributed by atoms with E-state index in [4.69, 9.17) is 10.5 Å². The molecule has 2 heterocycles. The van der Waals surface area contributed by atoms with E-state index in [1.165, 1.54) is 30.4 Å². The molecule has 0 aliphatic carbocycles. The van der Waals surface area contributed by atoms with Gasteiger partial charge in [0, 0.05) is 18.5 Å². The molecular weight excluding hydrogens is 224 g/mol. The van der Waals surface area contributed by atoms with Crippen LogP contribution in [0, 0.1) is 0 Å². The largest absolute Gasteiger partial charge is 0.493 e. The summed E-state index contributed by atoms with van der Waals surface area (Å²) in [5.74, 6) is 1.04. The van der Waals surface area contributed by atoms with Crippen LogP contribution in [0.5, 0.6) is 5.75 Å². The first-order valence-corrected chi connectivity index (χ1v) is 7.07. The highest BCUT2D eigenvalue weighted by Gasteiger charge is 2.19. The van der Waals surface area contributed by atoms with Gasteiger partial charge in [0.15, 0.2) is 0 Å². The van der Waals surface area contributed by atoms with E-state index >= 15 is 0 Å². The summed E-state index contributed by atoms with van der Waals surface area (Å²) in [5, 5.41) is 3.57. The van der Waals surface area contributed by atoms with Gasteiger partial charge in [0.05, 0.1) is 6.61 Å². The summed E-state index contributed by atoms with van der Waals surface area (Å²) in [4.78, 5) is 0. The van der Waals surface area contributed by atoms with Gasteiger partial charge in [0.2, 0.25) is 0 Å². The maximum Gasteiger partial charge on any atom is 0.122 e. The minimum atomic E-state index is 0.145. The van der Waals surface area contributed by atoms with Crippen LogP contribution in [0.25, 0.3) is 0 Å². The summed E-state index contributed by atoms with van der Waals surface area (Å²) in [7, 11) is 0. The molecule has 2 aliphatic heterocycles. The third kappa shape index (κ3) is 2.52. The summed E-state index contributed by atoms with van der Waals surface area (Å²) < 4.78 is 5.53. The number of hydrogen-bond acceptors (Lipinski definition) is 3. The molecule has 1 aromatic rings. The van der Waals surface area contributed by atoms with Crippen LogP contribution >= 0.6 is 0 Å². The van der Waals surface area contributed by atoms with Crippen LogP contribution in [-0.2, 0) is 6.42 Å². The number of fused-ring (bicyclic) bond motifs is 1. The molecule has 1 aromatic carbocycles. The molecule has 2 aliphatic rings. The lowest BCUT2D eigenvalue weighted by molar-refractivity contribution is 0.356. The highest BCUT2D eigenvalue weighted by molar-refractivity contribution is 5.40. The van der Waals surface area contributed by atoms with Crippen molar-refractivity contribution in [2.75, 3.05) is 13.2 Å². The first-order valence-electron chi connectivity index (χ1n) is 7.07. The number of piperidine rings is 1. The lowest BCUT2D eigenvalue weighted by atomic mass is 9.93. The van der Waals surface area contributed by atoms with Crippen LogP contribution in [0.3, 0.4) is 0 Å². The van der Waals surface area contributed by atoms with Crippen LogP contribution in [-0.4, -0.2) is 19.2 Å². The molecule has 0 radical (unpaired) electrons. The van der Waals surface area contributed by atoms with Crippen molar-refractivity contribution in [1.82, 2.24) is 5.32 Å². The lowest BCUT2D eigenvalue weighted by Crippen LogP contribution is -2.36. The Bertz CT molecular complexity index is 413. The van der Waals surface area contributed by atoms with Crippen molar-refractivity contribution in [2.24, 2.45) is 5.73 Å². The molecule has 2 atom stereocenters. The van der Waals surface area contributed by atoms with Crippen molar-refractivity contribution in [2.45, 2.75) is 44.2 Å². The quantitative estimate of drug-likeness (QED) is 0.859. The summed E-state index contributed by atoms with van der Waals surface area (Å²) in [5.41, 5.74) is 8.91. The molecular formula is C15H22N2O. The molecule has 1 saturated heterocycles. The molecule has 3 heteroatoms. The summed E-state index contributed by atoms with van der Waals surface area (Å²) in [6.07, 6.45) is 5.98. The Balaban J connectivity index is 1.66. The Morgan fingerprint density at radius 3 is 3.17 bits per heavy atom. The molecule has 3 rings (SSSR count). The van der Waals surface area contributed by atoms with Crippen molar-refractivity contribution >= 4 is 0 Å². The van der Waals surface area contributed by atoms with Crippen LogP contribution < -0.4 is 15.8 Å². The van der Waals surface area contributed by atoms with Crippen molar-refractivity contribution < 1.29 is 4.74 Å². The Morgan fingerprint density at radius 1 is 1.39 bits per heavy atom. The van der Waals surface area contributed by atoms with Crippen molar-refractivity contribution in [3.63, 3.8) is 0 Å². The van der Waals surface area contributed by atoms with Gasteiger partial charge < -0.3 is 15.8 Å². The summed E-state index contributed by atoms with van der Waals surface area (Å²) in [6, 6.07) is 7.17. The second kappa shape index (κ2) is 5.29. The zero-order valence-electron chi connectivity index (χ0n) is 10.8. The smallest absolute Gasteiger partial charge is 0.122 e. The van der Waals surface area contributed by atoms with Crippen molar-refractivity contribution in [3.8, 4) is 5.75 Å². The van der Waals surface area contributed by atoms with Gasteiger partial charge in [0.25, 0.3) is 0 Å². The first-order chi connectivity index (χ1) is 8.83. The Hall–Kier alpha value is -1.06. The fourth-order valence-corrected chi connectivity index (χ4v) is 3.00. The van der Waals surface area contributed by atoms with Crippen molar-refractivity contribution in [3.05, 3.63) is 29.3 Å². The van der Waals surface area contributed by atoms with Gasteiger partial charge in [-0.15, -0.1) is 0 Å². The normalized spacial score (nSPS) is 24.4. The zero-order chi connectivity index (χ0) is 12.4. The molecule has 0 spiro atoms. The van der Waals surface area contributed by atoms with Gasteiger partial charge in [-0.1, -0.05) is 18.6 Å². The monoisotopic (exact) mass is 246 g/mol. The molecule has 3 nitrogen and oxygen atoms in total. The number of ether oxygens (including phenoxy) is 1. The van der Waals surface area contributed by atoms with Crippen LogP contribution in [0.2, 0.25) is 0 Å². The van der Waals surface area contributed by atoms with E-state index in [9.17, 15) is 0 Å². The maximum atomic E-state index is 6.34. The summed E-state index contributed by atoms with van der Waals surface area (Å²) in [6.45, 7) is 1.97. The minimum absolute atomic E-state index is 0.145. The first kappa shape index (κ1) is 12.0. The van der Waals surface area contributed by atoms with E-state index in [1.807, 2.05) is 0 Å². The highest BCUT2D eigenvalue weighted by atomic mass is 16.5. The third-order valence-electron chi connectivity index (χ3n) is 4.09. The Labute approximate surface area is 109 Å². The number of hydrogen-bond donors (Lipinski definition) is 2. The summed E-state index contributed by atoms with van der Waals surface area (Å²) >= 11 is 0. The topological polar surface area (TPSA) is 47.3 Å². The second-order valence-electron chi connectivity index (χ2n) is 5.45. The number of nitrogens with one attached hydrogen (secondary N) is 1. The molecule has 0 amide bonds. The SMILES string of the molecule is NC(CC1CCCCN1)c1ccc2c(c1)CCO2. The molecule has 1 fully saturated rings. The predicted molar refractivity (Wildman–Crippen MR) is 72.8 cm³/mol. The minimum Gasteiger partial charge on any atom is -0.493 e. The van der Waals surface area contributed by atoms with Crippen molar-refractivity contribution in [1.29, 1.82) is 0 Å². The van der Waals surface area contributed by atoms with Crippen LogP contribution in [0.4, 0.5) is 0 Å². The van der Waals surface area contributed by atoms with E-state index in [1.54, 1.807) is 0 Å². The zero-order valence-corrected chi connectivity index (χ0v) is 10.8. The fraction of sp³-hybridized carbons (Fsp3) is 0.600. The molecule has 98 valence electrons. The molecule has 0 saturated carbocycles. The fourth-order valence-electron chi connectivity index (χ4n) is 3.00. The van der Waals surface area contributed by atoms with E-state index in [0.29, 0.717) is 6.04 Å². The van der Waals surface area contributed by atoms with Crippen LogP contribution in [0.1, 0.15) is 42.9 Å². The Morgan fingerprint density at radius 2 is 2.33 bits per heavy atom. The van der Waals surface area contributed by atoms with Crippen LogP contribution in [0.15, 0.2) is 18.2 Å². The highest BCUT2D eigenvalue weighted by Crippen LogP contribution is 2.29. The van der Waals surface area contributed by atoms with Gasteiger partial charge in [0.1, 0.15) is 5.75 Å². The Kier molecular flexibility index (Phi) is 3.52. The number of benzene rings is 1. The maximum absolute atomic E-state index is 6.34. The van der Waals surface area contributed by atoms with Gasteiger partial charge in [-0.25, -0.2) is 0 Å². The average Bonchev–Trinajstić information content (AvgIpc) is 2.87. The molecule has 3 N–H and O–H groups in total. The van der Waals surface area contributed by atoms with E-state index in [2.05, 4.69) is 23.5 Å². The van der Waals surface area contributed by atoms with E-state index in [0.717, 1.165) is 31.7 Å². The van der Waals surface area contributed by atoms with Gasteiger partial charge in [-0.3, -0.25) is 0 Å². The lowest BCUT2D eigenvalue weighted by Gasteiger charge is -2.26. The second-order valence-corrected chi connectivity index (χ2v) is 5.45. The number of nitrogens with two attached hydrogens (primary N) is 1. The number of rotatable bonds is 3. The molecule has 2 unspecified atom stereocenters. The van der Waals surface area contributed by atoms with Gasteiger partial charge >= 0.3 is 0 Å².